The lowest BCUT2D eigenvalue weighted by Gasteiger charge is -2.33. The van der Waals surface area contributed by atoms with Crippen LogP contribution < -0.4 is 0 Å². The van der Waals surface area contributed by atoms with Crippen molar-refractivity contribution in [1.82, 2.24) is 14.4 Å². The number of nitrogens with zero attached hydrogens (tertiary/aromatic N) is 3. The van der Waals surface area contributed by atoms with Crippen LogP contribution in [0.5, 0.6) is 0 Å². The van der Waals surface area contributed by atoms with E-state index in [9.17, 15) is 8.42 Å². The number of hydrogen-bond donors (Lipinski definition) is 0. The van der Waals surface area contributed by atoms with E-state index in [2.05, 4.69) is 10.1 Å². The molecule has 118 valence electrons. The van der Waals surface area contributed by atoms with E-state index in [1.807, 2.05) is 25.1 Å². The summed E-state index contributed by atoms with van der Waals surface area (Å²) < 4.78 is 31.8. The van der Waals surface area contributed by atoms with Crippen LogP contribution in [0.4, 0.5) is 0 Å². The maximum Gasteiger partial charge on any atom is 0.243 e. The van der Waals surface area contributed by atoms with Crippen molar-refractivity contribution < 1.29 is 12.9 Å². The molecule has 0 radical (unpaired) electrons. The minimum Gasteiger partial charge on any atom is -0.360 e. The van der Waals surface area contributed by atoms with Crippen LogP contribution in [0.1, 0.15) is 11.3 Å². The molecule has 1 aromatic heterocycles. The third-order valence-corrected chi connectivity index (χ3v) is 5.77. The number of benzene rings is 1. The van der Waals surface area contributed by atoms with Crippen LogP contribution in [-0.2, 0) is 16.6 Å². The van der Waals surface area contributed by atoms with Gasteiger partial charge < -0.3 is 4.52 Å². The van der Waals surface area contributed by atoms with E-state index in [1.165, 1.54) is 0 Å². The summed E-state index contributed by atoms with van der Waals surface area (Å²) in [4.78, 5) is 2.53. The first-order valence-corrected chi connectivity index (χ1v) is 8.68. The highest BCUT2D eigenvalue weighted by Crippen LogP contribution is 2.18. The van der Waals surface area contributed by atoms with Gasteiger partial charge in [-0.2, -0.15) is 4.31 Å². The zero-order chi connectivity index (χ0) is 15.6. The number of sulfonamides is 1. The fourth-order valence-corrected chi connectivity index (χ4v) is 3.95. The maximum absolute atomic E-state index is 12.6. The number of aryl methyl sites for hydroxylation is 1. The van der Waals surface area contributed by atoms with E-state index in [0.717, 1.165) is 11.3 Å². The second-order valence-electron chi connectivity index (χ2n) is 5.47. The molecule has 0 amide bonds. The third kappa shape index (κ3) is 3.21. The topological polar surface area (TPSA) is 66.7 Å². The van der Waals surface area contributed by atoms with E-state index >= 15 is 0 Å². The highest BCUT2D eigenvalue weighted by atomic mass is 32.2. The first kappa shape index (κ1) is 15.2. The molecular weight excluding hydrogens is 302 g/mol. The molecule has 0 N–H and O–H groups in total. The Bertz CT molecular complexity index is 703. The second kappa shape index (κ2) is 6.20. The molecule has 0 unspecified atom stereocenters. The molecule has 2 aromatic rings. The van der Waals surface area contributed by atoms with Gasteiger partial charge in [0.1, 0.15) is 0 Å². The number of aromatic nitrogens is 1. The molecule has 0 spiro atoms. The molecule has 7 heteroatoms. The molecule has 2 heterocycles. The van der Waals surface area contributed by atoms with Gasteiger partial charge in [-0.3, -0.25) is 4.90 Å². The fourth-order valence-electron chi connectivity index (χ4n) is 2.53. The summed E-state index contributed by atoms with van der Waals surface area (Å²) in [5.74, 6) is 0.801. The number of piperazine rings is 1. The number of hydrogen-bond acceptors (Lipinski definition) is 5. The van der Waals surface area contributed by atoms with Gasteiger partial charge in [0.2, 0.25) is 10.0 Å². The van der Waals surface area contributed by atoms with E-state index < -0.39 is 10.0 Å². The van der Waals surface area contributed by atoms with Gasteiger partial charge in [-0.1, -0.05) is 22.9 Å². The normalized spacial score (nSPS) is 17.7. The summed E-state index contributed by atoms with van der Waals surface area (Å²) in [5, 5.41) is 3.68. The molecule has 1 fully saturated rings. The quantitative estimate of drug-likeness (QED) is 0.853. The molecule has 0 bridgehead atoms. The van der Waals surface area contributed by atoms with Gasteiger partial charge in [0, 0.05) is 32.2 Å². The predicted molar refractivity (Wildman–Crippen MR) is 81.7 cm³/mol. The van der Waals surface area contributed by atoms with Crippen LogP contribution in [0.15, 0.2) is 45.9 Å². The molecular formula is C15H19N3O3S. The van der Waals surface area contributed by atoms with Crippen LogP contribution in [0, 0.1) is 6.92 Å². The molecule has 22 heavy (non-hydrogen) atoms. The number of rotatable bonds is 4. The highest BCUT2D eigenvalue weighted by Gasteiger charge is 2.28. The Morgan fingerprint density at radius 1 is 1.09 bits per heavy atom. The van der Waals surface area contributed by atoms with Gasteiger partial charge in [0.25, 0.3) is 0 Å². The molecule has 1 aliphatic rings. The van der Waals surface area contributed by atoms with Crippen molar-refractivity contribution in [3.05, 3.63) is 47.9 Å². The van der Waals surface area contributed by atoms with E-state index in [-0.39, 0.29) is 0 Å². The summed E-state index contributed by atoms with van der Waals surface area (Å²) in [6.07, 6.45) is 1.62. The monoisotopic (exact) mass is 321 g/mol. The first-order chi connectivity index (χ1) is 10.6. The lowest BCUT2D eigenvalue weighted by atomic mass is 10.2. The Balaban J connectivity index is 1.64. The van der Waals surface area contributed by atoms with Crippen molar-refractivity contribution in [2.75, 3.05) is 26.2 Å². The zero-order valence-electron chi connectivity index (χ0n) is 12.5. The SMILES string of the molecule is Cc1ccc(S(=O)(=O)N2CCN(Cc3ccno3)CC2)cc1. The van der Waals surface area contributed by atoms with Gasteiger partial charge in [0.05, 0.1) is 17.6 Å². The van der Waals surface area contributed by atoms with E-state index in [1.54, 1.807) is 22.6 Å². The molecule has 0 atom stereocenters. The minimum atomic E-state index is -3.39. The summed E-state index contributed by atoms with van der Waals surface area (Å²) >= 11 is 0. The Morgan fingerprint density at radius 3 is 2.36 bits per heavy atom. The molecule has 6 nitrogen and oxygen atoms in total. The van der Waals surface area contributed by atoms with Crippen molar-refractivity contribution >= 4 is 10.0 Å². The molecule has 1 saturated heterocycles. The van der Waals surface area contributed by atoms with Crippen LogP contribution in [-0.4, -0.2) is 49.0 Å². The Hall–Kier alpha value is -1.70. The summed E-state index contributed by atoms with van der Waals surface area (Å²) in [7, 11) is -3.39. The lowest BCUT2D eigenvalue weighted by molar-refractivity contribution is 0.166. The first-order valence-electron chi connectivity index (χ1n) is 7.24. The third-order valence-electron chi connectivity index (χ3n) is 3.86. The highest BCUT2D eigenvalue weighted by molar-refractivity contribution is 7.89. The molecule has 0 aliphatic carbocycles. The molecule has 3 rings (SSSR count). The van der Waals surface area contributed by atoms with Crippen molar-refractivity contribution in [2.45, 2.75) is 18.4 Å². The minimum absolute atomic E-state index is 0.363. The Labute approximate surface area is 130 Å². The second-order valence-corrected chi connectivity index (χ2v) is 7.41. The van der Waals surface area contributed by atoms with Crippen molar-refractivity contribution in [2.24, 2.45) is 0 Å². The average Bonchev–Trinajstić information content (AvgIpc) is 3.01. The zero-order valence-corrected chi connectivity index (χ0v) is 13.3. The van der Waals surface area contributed by atoms with Crippen LogP contribution in [0.3, 0.4) is 0 Å². The van der Waals surface area contributed by atoms with Gasteiger partial charge in [0.15, 0.2) is 5.76 Å². The summed E-state index contributed by atoms with van der Waals surface area (Å²) in [6, 6.07) is 8.83. The standard InChI is InChI=1S/C15H19N3O3S/c1-13-2-4-15(5-3-13)22(19,20)18-10-8-17(9-11-18)12-14-6-7-16-21-14/h2-7H,8-12H2,1H3. The summed E-state index contributed by atoms with van der Waals surface area (Å²) in [6.45, 7) is 4.96. The van der Waals surface area contributed by atoms with Crippen LogP contribution >= 0.6 is 0 Å². The molecule has 0 saturated carbocycles. The van der Waals surface area contributed by atoms with E-state index in [0.29, 0.717) is 37.6 Å². The van der Waals surface area contributed by atoms with Crippen LogP contribution in [0.2, 0.25) is 0 Å². The van der Waals surface area contributed by atoms with Gasteiger partial charge in [-0.15, -0.1) is 0 Å². The summed E-state index contributed by atoms with van der Waals surface area (Å²) in [5.41, 5.74) is 1.05. The Morgan fingerprint density at radius 2 is 1.77 bits per heavy atom. The average molecular weight is 321 g/mol. The maximum atomic E-state index is 12.6. The van der Waals surface area contributed by atoms with Crippen LogP contribution in [0.25, 0.3) is 0 Å². The van der Waals surface area contributed by atoms with Crippen molar-refractivity contribution in [3.8, 4) is 0 Å². The molecule has 1 aliphatic heterocycles. The van der Waals surface area contributed by atoms with Crippen molar-refractivity contribution in [3.63, 3.8) is 0 Å². The van der Waals surface area contributed by atoms with Gasteiger partial charge >= 0.3 is 0 Å². The largest absolute Gasteiger partial charge is 0.360 e. The predicted octanol–water partition coefficient (Wildman–Crippen LogP) is 1.49. The molecule has 1 aromatic carbocycles. The smallest absolute Gasteiger partial charge is 0.243 e. The van der Waals surface area contributed by atoms with Gasteiger partial charge in [-0.05, 0) is 19.1 Å². The fraction of sp³-hybridized carbons (Fsp3) is 0.400. The van der Waals surface area contributed by atoms with E-state index in [4.69, 9.17) is 4.52 Å². The van der Waals surface area contributed by atoms with Crippen molar-refractivity contribution in [1.29, 1.82) is 0 Å². The Kier molecular flexibility index (Phi) is 4.28. The lowest BCUT2D eigenvalue weighted by Crippen LogP contribution is -2.48. The van der Waals surface area contributed by atoms with Gasteiger partial charge in [-0.25, -0.2) is 8.42 Å².